The molecule has 0 aliphatic heterocycles. The van der Waals surface area contributed by atoms with E-state index < -0.39 is 5.95 Å². The zero-order chi connectivity index (χ0) is 8.43. The third-order valence-electron chi connectivity index (χ3n) is 1.36. The Morgan fingerprint density at radius 1 is 1.36 bits per heavy atom. The van der Waals surface area contributed by atoms with Gasteiger partial charge in [0.2, 0.25) is 5.95 Å². The molecule has 0 radical (unpaired) electrons. The van der Waals surface area contributed by atoms with Crippen LogP contribution < -0.4 is 0 Å². The van der Waals surface area contributed by atoms with Crippen molar-refractivity contribution in [2.45, 2.75) is 26.7 Å². The van der Waals surface area contributed by atoms with Crippen LogP contribution >= 0.6 is 0 Å². The zero-order valence-corrected chi connectivity index (χ0v) is 6.93. The second-order valence-corrected chi connectivity index (χ2v) is 2.84. The summed E-state index contributed by atoms with van der Waals surface area (Å²) in [5, 5.41) is 0. The highest BCUT2D eigenvalue weighted by molar-refractivity contribution is 5.03. The molecule has 1 aromatic rings. The summed E-state index contributed by atoms with van der Waals surface area (Å²) in [5.74, 6) is 0.313. The largest absolute Gasteiger partial charge is 0.238 e. The van der Waals surface area contributed by atoms with Crippen molar-refractivity contribution in [3.05, 3.63) is 23.5 Å². The van der Waals surface area contributed by atoms with Gasteiger partial charge >= 0.3 is 0 Å². The minimum absolute atomic E-state index is 0.185. The minimum Gasteiger partial charge on any atom is -0.238 e. The third kappa shape index (κ3) is 1.97. The van der Waals surface area contributed by atoms with Crippen LogP contribution in [0.4, 0.5) is 4.39 Å². The predicted molar refractivity (Wildman–Crippen MR) is 40.8 cm³/mol. The van der Waals surface area contributed by atoms with Crippen molar-refractivity contribution >= 4 is 0 Å². The fourth-order valence-corrected chi connectivity index (χ4v) is 0.810. The monoisotopic (exact) mass is 154 g/mol. The first-order chi connectivity index (χ1) is 5.09. The lowest BCUT2D eigenvalue weighted by Gasteiger charge is -2.03. The summed E-state index contributed by atoms with van der Waals surface area (Å²) >= 11 is 0. The molecule has 0 N–H and O–H groups in total. The second-order valence-electron chi connectivity index (χ2n) is 2.84. The highest BCUT2D eigenvalue weighted by Crippen LogP contribution is 2.09. The number of hydrogen-bond acceptors (Lipinski definition) is 2. The first kappa shape index (κ1) is 8.11. The molecule has 2 nitrogen and oxygen atoms in total. The molecule has 1 heterocycles. The minimum atomic E-state index is -0.443. The summed E-state index contributed by atoms with van der Waals surface area (Å²) in [4.78, 5) is 7.74. The van der Waals surface area contributed by atoms with Crippen LogP contribution in [0.5, 0.6) is 0 Å². The van der Waals surface area contributed by atoms with Crippen molar-refractivity contribution in [3.8, 4) is 0 Å². The fourth-order valence-electron chi connectivity index (χ4n) is 0.810. The molecular weight excluding hydrogens is 143 g/mol. The van der Waals surface area contributed by atoms with Gasteiger partial charge in [0.15, 0.2) is 0 Å². The molecule has 0 saturated heterocycles. The summed E-state index contributed by atoms with van der Waals surface area (Å²) in [6, 6.07) is 1.33. The van der Waals surface area contributed by atoms with Gasteiger partial charge in [-0.15, -0.1) is 0 Å². The molecule has 0 fully saturated rings. The molecule has 11 heavy (non-hydrogen) atoms. The Hall–Kier alpha value is -0.990. The van der Waals surface area contributed by atoms with Gasteiger partial charge in [0, 0.05) is 17.7 Å². The average Bonchev–Trinajstić information content (AvgIpc) is 1.85. The van der Waals surface area contributed by atoms with E-state index in [4.69, 9.17) is 0 Å². The van der Waals surface area contributed by atoms with E-state index in [1.54, 1.807) is 6.92 Å². The number of halogens is 1. The number of hydrogen-bond donors (Lipinski definition) is 0. The van der Waals surface area contributed by atoms with Gasteiger partial charge in [-0.05, 0) is 6.92 Å². The van der Waals surface area contributed by atoms with Crippen LogP contribution in [-0.2, 0) is 0 Å². The molecule has 60 valence electrons. The van der Waals surface area contributed by atoms with Crippen molar-refractivity contribution in [3.63, 3.8) is 0 Å². The smallest absolute Gasteiger partial charge is 0.216 e. The third-order valence-corrected chi connectivity index (χ3v) is 1.36. The summed E-state index contributed by atoms with van der Waals surface area (Å²) in [6.07, 6.45) is 0. The van der Waals surface area contributed by atoms with Crippen molar-refractivity contribution in [1.82, 2.24) is 9.97 Å². The normalized spacial score (nSPS) is 10.6. The van der Waals surface area contributed by atoms with Gasteiger partial charge in [-0.2, -0.15) is 4.39 Å². The van der Waals surface area contributed by atoms with Crippen LogP contribution in [0.25, 0.3) is 0 Å². The van der Waals surface area contributed by atoms with Crippen LogP contribution in [0, 0.1) is 12.9 Å². The second kappa shape index (κ2) is 2.95. The molecule has 0 saturated carbocycles. The number of nitrogens with zero attached hydrogens (tertiary/aromatic N) is 2. The van der Waals surface area contributed by atoms with Crippen molar-refractivity contribution < 1.29 is 4.39 Å². The van der Waals surface area contributed by atoms with E-state index in [-0.39, 0.29) is 5.92 Å². The van der Waals surface area contributed by atoms with E-state index in [0.717, 1.165) is 0 Å². The zero-order valence-electron chi connectivity index (χ0n) is 6.93. The van der Waals surface area contributed by atoms with Crippen LogP contribution in [0.2, 0.25) is 0 Å². The molecule has 0 aromatic carbocycles. The maximum Gasteiger partial charge on any atom is 0.216 e. The van der Waals surface area contributed by atoms with Crippen LogP contribution in [-0.4, -0.2) is 9.97 Å². The first-order valence-corrected chi connectivity index (χ1v) is 3.60. The van der Waals surface area contributed by atoms with Crippen molar-refractivity contribution in [1.29, 1.82) is 0 Å². The molecule has 0 unspecified atom stereocenters. The van der Waals surface area contributed by atoms with E-state index in [1.165, 1.54) is 6.07 Å². The molecule has 1 rings (SSSR count). The maximum atomic E-state index is 12.6. The van der Waals surface area contributed by atoms with Gasteiger partial charge in [-0.1, -0.05) is 13.8 Å². The number of rotatable bonds is 1. The van der Waals surface area contributed by atoms with Crippen LogP contribution in [0.1, 0.15) is 31.3 Å². The lowest BCUT2D eigenvalue weighted by molar-refractivity contribution is 0.559. The standard InChI is InChI=1S/C8H11FN2/c1-5(2)8-10-6(3)4-7(9)11-8/h4-5H,1-3H3. The Bertz CT molecular complexity index is 238. The van der Waals surface area contributed by atoms with Gasteiger partial charge in [-0.25, -0.2) is 9.97 Å². The van der Waals surface area contributed by atoms with Gasteiger partial charge in [-0.3, -0.25) is 0 Å². The maximum absolute atomic E-state index is 12.6. The Kier molecular flexibility index (Phi) is 2.17. The van der Waals surface area contributed by atoms with Gasteiger partial charge in [0.1, 0.15) is 5.82 Å². The quantitative estimate of drug-likeness (QED) is 0.578. The van der Waals surface area contributed by atoms with E-state index in [1.807, 2.05) is 13.8 Å². The lowest BCUT2D eigenvalue weighted by atomic mass is 10.2. The van der Waals surface area contributed by atoms with Crippen LogP contribution in [0.3, 0.4) is 0 Å². The van der Waals surface area contributed by atoms with Gasteiger partial charge < -0.3 is 0 Å². The van der Waals surface area contributed by atoms with E-state index in [2.05, 4.69) is 9.97 Å². The van der Waals surface area contributed by atoms with Gasteiger partial charge in [0.25, 0.3) is 0 Å². The summed E-state index contributed by atoms with van der Waals surface area (Å²) in [6.45, 7) is 5.64. The van der Waals surface area contributed by atoms with E-state index in [0.29, 0.717) is 11.5 Å². The molecule has 0 spiro atoms. The number of aryl methyl sites for hydroxylation is 1. The first-order valence-electron chi connectivity index (χ1n) is 3.60. The molecule has 0 amide bonds. The fraction of sp³-hybridized carbons (Fsp3) is 0.500. The lowest BCUT2D eigenvalue weighted by Crippen LogP contribution is -2.00. The van der Waals surface area contributed by atoms with E-state index >= 15 is 0 Å². The molecule has 0 atom stereocenters. The van der Waals surface area contributed by atoms with Gasteiger partial charge in [0.05, 0.1) is 0 Å². The number of aromatic nitrogens is 2. The SMILES string of the molecule is Cc1cc(F)nc(C(C)C)n1. The molecule has 3 heteroatoms. The Balaban J connectivity index is 3.08. The van der Waals surface area contributed by atoms with Crippen molar-refractivity contribution in [2.75, 3.05) is 0 Å². The Morgan fingerprint density at radius 2 is 2.00 bits per heavy atom. The highest BCUT2D eigenvalue weighted by Gasteiger charge is 2.04. The Morgan fingerprint density at radius 3 is 2.45 bits per heavy atom. The Labute approximate surface area is 65.5 Å². The molecule has 0 bridgehead atoms. The summed E-state index contributed by atoms with van der Waals surface area (Å²) < 4.78 is 12.6. The predicted octanol–water partition coefficient (Wildman–Crippen LogP) is 2.05. The summed E-state index contributed by atoms with van der Waals surface area (Å²) in [5.41, 5.74) is 0.682. The van der Waals surface area contributed by atoms with E-state index in [9.17, 15) is 4.39 Å². The average molecular weight is 154 g/mol. The molecule has 0 aliphatic carbocycles. The highest BCUT2D eigenvalue weighted by atomic mass is 19.1. The molecule has 0 aliphatic rings. The van der Waals surface area contributed by atoms with Crippen LogP contribution in [0.15, 0.2) is 6.07 Å². The molecular formula is C8H11FN2. The molecule has 1 aromatic heterocycles. The summed E-state index contributed by atoms with van der Waals surface area (Å²) in [7, 11) is 0. The van der Waals surface area contributed by atoms with Crippen molar-refractivity contribution in [2.24, 2.45) is 0 Å². The topological polar surface area (TPSA) is 25.8 Å².